The van der Waals surface area contributed by atoms with E-state index in [0.717, 1.165) is 43.5 Å². The van der Waals surface area contributed by atoms with Crippen LogP contribution in [0.4, 0.5) is 0 Å². The van der Waals surface area contributed by atoms with Crippen LogP contribution in [-0.2, 0) is 6.42 Å². The van der Waals surface area contributed by atoms with Gasteiger partial charge in [-0.05, 0) is 38.3 Å². The maximum absolute atomic E-state index is 5.79. The molecule has 1 saturated carbocycles. The highest BCUT2D eigenvalue weighted by Crippen LogP contribution is 2.42. The van der Waals surface area contributed by atoms with E-state index in [1.54, 1.807) is 0 Å². The number of nitrogens with zero attached hydrogens (tertiary/aromatic N) is 1. The van der Waals surface area contributed by atoms with Gasteiger partial charge in [0.1, 0.15) is 5.76 Å². The van der Waals surface area contributed by atoms with Gasteiger partial charge < -0.3 is 9.73 Å². The molecule has 90 valence electrons. The Labute approximate surface area is 97.6 Å². The van der Waals surface area contributed by atoms with E-state index in [9.17, 15) is 0 Å². The Balaban J connectivity index is 1.77. The van der Waals surface area contributed by atoms with E-state index < -0.39 is 0 Å². The van der Waals surface area contributed by atoms with Crippen LogP contribution in [0.2, 0.25) is 0 Å². The quantitative estimate of drug-likeness (QED) is 0.721. The molecule has 1 heterocycles. The molecule has 16 heavy (non-hydrogen) atoms. The van der Waals surface area contributed by atoms with Crippen molar-refractivity contribution >= 4 is 0 Å². The van der Waals surface area contributed by atoms with E-state index in [-0.39, 0.29) is 0 Å². The van der Waals surface area contributed by atoms with Crippen molar-refractivity contribution in [1.29, 1.82) is 0 Å². The summed E-state index contributed by atoms with van der Waals surface area (Å²) in [6, 6.07) is 0. The Hall–Kier alpha value is -0.830. The van der Waals surface area contributed by atoms with Gasteiger partial charge in [0.25, 0.3) is 0 Å². The summed E-state index contributed by atoms with van der Waals surface area (Å²) in [4.78, 5) is 4.35. The summed E-state index contributed by atoms with van der Waals surface area (Å²) < 4.78 is 5.79. The summed E-state index contributed by atoms with van der Waals surface area (Å²) in [5, 5.41) is 3.31. The number of aryl methyl sites for hydroxylation is 1. The molecule has 0 radical (unpaired) electrons. The molecule has 1 fully saturated rings. The van der Waals surface area contributed by atoms with Gasteiger partial charge in [-0.15, -0.1) is 0 Å². The minimum atomic E-state index is 0.565. The third kappa shape index (κ3) is 3.08. The maximum Gasteiger partial charge on any atom is 0.194 e. The van der Waals surface area contributed by atoms with E-state index in [4.69, 9.17) is 4.42 Å². The van der Waals surface area contributed by atoms with E-state index in [2.05, 4.69) is 24.1 Å². The molecule has 1 aromatic heterocycles. The molecule has 0 spiro atoms. The van der Waals surface area contributed by atoms with Gasteiger partial charge >= 0.3 is 0 Å². The van der Waals surface area contributed by atoms with Gasteiger partial charge in [-0.1, -0.05) is 13.8 Å². The van der Waals surface area contributed by atoms with Crippen molar-refractivity contribution in [1.82, 2.24) is 10.3 Å². The van der Waals surface area contributed by atoms with Crippen LogP contribution >= 0.6 is 0 Å². The molecule has 2 rings (SSSR count). The highest BCUT2D eigenvalue weighted by molar-refractivity contribution is 5.05. The first-order valence-corrected chi connectivity index (χ1v) is 6.46. The summed E-state index contributed by atoms with van der Waals surface area (Å²) in [6.07, 6.45) is 6.69. The Morgan fingerprint density at radius 2 is 2.38 bits per heavy atom. The summed E-state index contributed by atoms with van der Waals surface area (Å²) in [7, 11) is 0. The smallest absolute Gasteiger partial charge is 0.194 e. The molecule has 0 saturated heterocycles. The molecule has 0 amide bonds. The molecule has 1 N–H and O–H groups in total. The molecule has 1 aromatic rings. The van der Waals surface area contributed by atoms with Gasteiger partial charge in [0.15, 0.2) is 5.89 Å². The third-order valence-corrected chi connectivity index (χ3v) is 3.34. The number of aromatic nitrogens is 1. The average Bonchev–Trinajstić information content (AvgIpc) is 3.03. The Morgan fingerprint density at radius 1 is 1.56 bits per heavy atom. The van der Waals surface area contributed by atoms with Crippen molar-refractivity contribution in [3.63, 3.8) is 0 Å². The normalized spacial score (nSPS) is 17.6. The minimum Gasteiger partial charge on any atom is -0.445 e. The molecule has 0 aromatic carbocycles. The molecular formula is C13H22N2O. The maximum atomic E-state index is 5.79. The Kier molecular flexibility index (Phi) is 3.99. The van der Waals surface area contributed by atoms with Crippen LogP contribution < -0.4 is 5.32 Å². The fourth-order valence-electron chi connectivity index (χ4n) is 2.02. The number of nitrogens with one attached hydrogen (secondary N) is 1. The van der Waals surface area contributed by atoms with Gasteiger partial charge in [-0.25, -0.2) is 4.98 Å². The summed E-state index contributed by atoms with van der Waals surface area (Å²) >= 11 is 0. The monoisotopic (exact) mass is 222 g/mol. The van der Waals surface area contributed by atoms with Gasteiger partial charge in [0, 0.05) is 12.3 Å². The third-order valence-electron chi connectivity index (χ3n) is 3.34. The summed E-state index contributed by atoms with van der Waals surface area (Å²) in [6.45, 7) is 6.46. The van der Waals surface area contributed by atoms with E-state index >= 15 is 0 Å². The van der Waals surface area contributed by atoms with Crippen LogP contribution in [0, 0.1) is 5.92 Å². The first-order chi connectivity index (χ1) is 7.81. The summed E-state index contributed by atoms with van der Waals surface area (Å²) in [5.41, 5.74) is 0. The van der Waals surface area contributed by atoms with Crippen molar-refractivity contribution in [3.8, 4) is 0 Å². The van der Waals surface area contributed by atoms with Crippen LogP contribution in [0.3, 0.4) is 0 Å². The zero-order valence-electron chi connectivity index (χ0n) is 10.3. The highest BCUT2D eigenvalue weighted by atomic mass is 16.4. The lowest BCUT2D eigenvalue weighted by Crippen LogP contribution is -2.14. The predicted octanol–water partition coefficient (Wildman–Crippen LogP) is 2.73. The number of rotatable bonds is 7. The molecule has 1 aliphatic rings. The first-order valence-electron chi connectivity index (χ1n) is 6.46. The lowest BCUT2D eigenvalue weighted by Gasteiger charge is -2.04. The Bertz CT molecular complexity index is 317. The molecule has 3 nitrogen and oxygen atoms in total. The highest BCUT2D eigenvalue weighted by Gasteiger charge is 2.31. The van der Waals surface area contributed by atoms with Crippen molar-refractivity contribution in [2.75, 3.05) is 13.1 Å². The molecule has 1 atom stereocenters. The molecular weight excluding hydrogens is 200 g/mol. The van der Waals surface area contributed by atoms with Gasteiger partial charge in [0.2, 0.25) is 0 Å². The molecule has 1 unspecified atom stereocenters. The van der Waals surface area contributed by atoms with Crippen molar-refractivity contribution in [3.05, 3.63) is 17.8 Å². The fourth-order valence-corrected chi connectivity index (χ4v) is 2.02. The van der Waals surface area contributed by atoms with Crippen LogP contribution in [0.25, 0.3) is 0 Å². The fraction of sp³-hybridized carbons (Fsp3) is 0.769. The topological polar surface area (TPSA) is 38.1 Å². The average molecular weight is 222 g/mol. The summed E-state index contributed by atoms with van der Waals surface area (Å²) in [5.74, 6) is 3.40. The second-order valence-corrected chi connectivity index (χ2v) is 4.74. The van der Waals surface area contributed by atoms with E-state index in [1.165, 1.54) is 12.8 Å². The predicted molar refractivity (Wildman–Crippen MR) is 64.5 cm³/mol. The SMILES string of the molecule is CCNCCCc1ncc(C(C)C2CC2)o1. The number of oxazole rings is 1. The second-order valence-electron chi connectivity index (χ2n) is 4.74. The molecule has 3 heteroatoms. The van der Waals surface area contributed by atoms with Crippen LogP contribution in [0.15, 0.2) is 10.6 Å². The standard InChI is InChI=1S/C13H22N2O/c1-3-14-8-4-5-13-15-9-12(16-13)10(2)11-6-7-11/h9-11,14H,3-8H2,1-2H3. The largest absolute Gasteiger partial charge is 0.445 e. The first kappa shape index (κ1) is 11.6. The van der Waals surface area contributed by atoms with Gasteiger partial charge in [-0.3, -0.25) is 0 Å². The number of hydrogen-bond donors (Lipinski definition) is 1. The van der Waals surface area contributed by atoms with Crippen molar-refractivity contribution < 1.29 is 4.42 Å². The van der Waals surface area contributed by atoms with Gasteiger partial charge in [-0.2, -0.15) is 0 Å². The second kappa shape index (κ2) is 5.48. The minimum absolute atomic E-state index is 0.565. The van der Waals surface area contributed by atoms with Crippen LogP contribution in [-0.4, -0.2) is 18.1 Å². The lowest BCUT2D eigenvalue weighted by molar-refractivity contribution is 0.412. The molecule has 1 aliphatic carbocycles. The Morgan fingerprint density at radius 3 is 3.06 bits per heavy atom. The lowest BCUT2D eigenvalue weighted by atomic mass is 10.0. The van der Waals surface area contributed by atoms with Gasteiger partial charge in [0.05, 0.1) is 6.20 Å². The van der Waals surface area contributed by atoms with E-state index in [1.807, 2.05) is 6.20 Å². The molecule has 0 bridgehead atoms. The van der Waals surface area contributed by atoms with Crippen molar-refractivity contribution in [2.45, 2.75) is 45.4 Å². The van der Waals surface area contributed by atoms with Crippen molar-refractivity contribution in [2.24, 2.45) is 5.92 Å². The van der Waals surface area contributed by atoms with E-state index in [0.29, 0.717) is 5.92 Å². The molecule has 0 aliphatic heterocycles. The number of hydrogen-bond acceptors (Lipinski definition) is 3. The van der Waals surface area contributed by atoms with Crippen LogP contribution in [0.5, 0.6) is 0 Å². The van der Waals surface area contributed by atoms with Crippen LogP contribution in [0.1, 0.15) is 50.7 Å². The zero-order chi connectivity index (χ0) is 11.4. The zero-order valence-corrected chi connectivity index (χ0v) is 10.3.